The van der Waals surface area contributed by atoms with Gasteiger partial charge in [0.25, 0.3) is 0 Å². The molecule has 0 unspecified atom stereocenters. The molecule has 156 valence electrons. The average molecular weight is 424 g/mol. The molecule has 4 rings (SSSR count). The summed E-state index contributed by atoms with van der Waals surface area (Å²) in [5, 5.41) is 14.7. The highest BCUT2D eigenvalue weighted by atomic mass is 35.5. The van der Waals surface area contributed by atoms with Crippen molar-refractivity contribution in [2.45, 2.75) is 31.9 Å². The quantitative estimate of drug-likeness (QED) is 0.599. The summed E-state index contributed by atoms with van der Waals surface area (Å²) in [6.07, 6.45) is 4.08. The van der Waals surface area contributed by atoms with Crippen LogP contribution in [-0.2, 0) is 17.8 Å². The number of aromatic nitrogens is 1. The molecule has 0 radical (unpaired) electrons. The molecule has 0 aliphatic carbocycles. The fraction of sp³-hybridized carbons (Fsp3) is 0.333. The monoisotopic (exact) mass is 423 g/mol. The number of piperidine rings is 1. The Morgan fingerprint density at radius 2 is 1.90 bits per heavy atom. The van der Waals surface area contributed by atoms with Gasteiger partial charge in [-0.25, -0.2) is 0 Å². The standard InChI is InChI=1S/C24H26ClN3O2/c25-22-7-2-8-23(21(22)16-29)27-19-9-12-28(13-10-19)15-20(30)14-18-5-1-4-17-6-3-11-26-24(17)18/h1-8,11,19,27,29H,9-10,12-16H2. The van der Waals surface area contributed by atoms with Gasteiger partial charge in [0.15, 0.2) is 5.78 Å². The van der Waals surface area contributed by atoms with Crippen molar-refractivity contribution in [3.05, 3.63) is 70.9 Å². The van der Waals surface area contributed by atoms with Crippen molar-refractivity contribution in [3.8, 4) is 0 Å². The Labute approximate surface area is 181 Å². The molecule has 0 spiro atoms. The van der Waals surface area contributed by atoms with Gasteiger partial charge in [0.1, 0.15) is 0 Å². The first-order chi connectivity index (χ1) is 14.6. The van der Waals surface area contributed by atoms with Gasteiger partial charge in [-0.2, -0.15) is 0 Å². The number of halogens is 1. The van der Waals surface area contributed by atoms with Gasteiger partial charge in [-0.3, -0.25) is 14.7 Å². The predicted octanol–water partition coefficient (Wildman–Crippen LogP) is 4.07. The summed E-state index contributed by atoms with van der Waals surface area (Å²) in [5.41, 5.74) is 3.54. The van der Waals surface area contributed by atoms with E-state index < -0.39 is 0 Å². The molecule has 1 fully saturated rings. The lowest BCUT2D eigenvalue weighted by Crippen LogP contribution is -2.41. The van der Waals surface area contributed by atoms with Gasteiger partial charge in [0.2, 0.25) is 0 Å². The average Bonchev–Trinajstić information content (AvgIpc) is 2.75. The van der Waals surface area contributed by atoms with E-state index in [-0.39, 0.29) is 12.4 Å². The largest absolute Gasteiger partial charge is 0.392 e. The summed E-state index contributed by atoms with van der Waals surface area (Å²) in [4.78, 5) is 19.4. The lowest BCUT2D eigenvalue weighted by atomic mass is 10.0. The van der Waals surface area contributed by atoms with Crippen molar-refractivity contribution in [3.63, 3.8) is 0 Å². The molecular weight excluding hydrogens is 398 g/mol. The molecule has 0 atom stereocenters. The van der Waals surface area contributed by atoms with Crippen molar-refractivity contribution in [2.24, 2.45) is 0 Å². The van der Waals surface area contributed by atoms with E-state index in [1.54, 1.807) is 12.3 Å². The number of aliphatic hydroxyl groups excluding tert-OH is 1. The Bertz CT molecular complexity index is 1030. The third-order valence-corrected chi connectivity index (χ3v) is 6.08. The highest BCUT2D eigenvalue weighted by Gasteiger charge is 2.22. The van der Waals surface area contributed by atoms with E-state index in [4.69, 9.17) is 11.6 Å². The number of nitrogens with one attached hydrogen (secondary N) is 1. The molecule has 3 aromatic rings. The van der Waals surface area contributed by atoms with Crippen LogP contribution in [0.25, 0.3) is 10.9 Å². The van der Waals surface area contributed by atoms with Crippen LogP contribution in [0.4, 0.5) is 5.69 Å². The Morgan fingerprint density at radius 1 is 1.13 bits per heavy atom. The van der Waals surface area contributed by atoms with Gasteiger partial charge in [-0.1, -0.05) is 41.9 Å². The van der Waals surface area contributed by atoms with Crippen LogP contribution in [0.2, 0.25) is 5.02 Å². The van der Waals surface area contributed by atoms with Crippen LogP contribution < -0.4 is 5.32 Å². The number of ketones is 1. The number of benzene rings is 2. The molecule has 2 N–H and O–H groups in total. The van der Waals surface area contributed by atoms with E-state index in [0.717, 1.165) is 53.6 Å². The van der Waals surface area contributed by atoms with E-state index in [1.165, 1.54) is 0 Å². The van der Waals surface area contributed by atoms with Gasteiger partial charge in [-0.15, -0.1) is 0 Å². The number of rotatable bonds is 7. The second kappa shape index (κ2) is 9.56. The fourth-order valence-electron chi connectivity index (χ4n) is 4.14. The minimum absolute atomic E-state index is 0.0849. The van der Waals surface area contributed by atoms with Gasteiger partial charge in [-0.05, 0) is 36.6 Å². The maximum Gasteiger partial charge on any atom is 0.151 e. The van der Waals surface area contributed by atoms with E-state index in [0.29, 0.717) is 24.0 Å². The minimum Gasteiger partial charge on any atom is -0.392 e. The first-order valence-corrected chi connectivity index (χ1v) is 10.7. The van der Waals surface area contributed by atoms with Crippen LogP contribution in [0.1, 0.15) is 24.0 Å². The van der Waals surface area contributed by atoms with Crippen LogP contribution in [0, 0.1) is 0 Å². The van der Waals surface area contributed by atoms with Gasteiger partial charge in [0, 0.05) is 53.4 Å². The molecule has 0 bridgehead atoms. The number of hydrogen-bond donors (Lipinski definition) is 2. The zero-order chi connectivity index (χ0) is 20.9. The first-order valence-electron chi connectivity index (χ1n) is 10.4. The number of nitrogens with zero attached hydrogens (tertiary/aromatic N) is 2. The number of carbonyl (C=O) groups excluding carboxylic acids is 1. The lowest BCUT2D eigenvalue weighted by Gasteiger charge is -2.33. The summed E-state index contributed by atoms with van der Waals surface area (Å²) in [7, 11) is 0. The second-order valence-corrected chi connectivity index (χ2v) is 8.23. The summed E-state index contributed by atoms with van der Waals surface area (Å²) in [6.45, 7) is 2.12. The normalized spacial score (nSPS) is 15.4. The van der Waals surface area contributed by atoms with Crippen molar-refractivity contribution >= 4 is 34.0 Å². The molecule has 5 nitrogen and oxygen atoms in total. The van der Waals surface area contributed by atoms with Crippen molar-refractivity contribution in [1.82, 2.24) is 9.88 Å². The minimum atomic E-state index is -0.0849. The zero-order valence-electron chi connectivity index (χ0n) is 16.9. The number of carbonyl (C=O) groups is 1. The summed E-state index contributed by atoms with van der Waals surface area (Å²) in [6, 6.07) is 15.9. The number of anilines is 1. The Balaban J connectivity index is 1.30. The molecule has 1 aliphatic heterocycles. The maximum absolute atomic E-state index is 12.7. The van der Waals surface area contributed by atoms with Crippen LogP contribution >= 0.6 is 11.6 Å². The van der Waals surface area contributed by atoms with Crippen LogP contribution in [0.3, 0.4) is 0 Å². The number of aliphatic hydroxyl groups is 1. The molecule has 0 amide bonds. The highest BCUT2D eigenvalue weighted by molar-refractivity contribution is 6.31. The molecular formula is C24H26ClN3O2. The second-order valence-electron chi connectivity index (χ2n) is 7.83. The molecule has 0 saturated carbocycles. The number of hydrogen-bond acceptors (Lipinski definition) is 5. The highest BCUT2D eigenvalue weighted by Crippen LogP contribution is 2.26. The first kappa shape index (κ1) is 20.8. The Hall–Kier alpha value is -2.47. The smallest absolute Gasteiger partial charge is 0.151 e. The van der Waals surface area contributed by atoms with Crippen molar-refractivity contribution in [1.29, 1.82) is 0 Å². The predicted molar refractivity (Wildman–Crippen MR) is 121 cm³/mol. The molecule has 1 saturated heterocycles. The van der Waals surface area contributed by atoms with Crippen LogP contribution in [-0.4, -0.2) is 46.4 Å². The molecule has 1 aromatic heterocycles. The lowest BCUT2D eigenvalue weighted by molar-refractivity contribution is -0.119. The van der Waals surface area contributed by atoms with E-state index in [9.17, 15) is 9.90 Å². The van der Waals surface area contributed by atoms with E-state index >= 15 is 0 Å². The number of Topliss-reactive ketones (excluding diaryl/α,β-unsaturated/α-hetero) is 1. The Morgan fingerprint density at radius 3 is 2.70 bits per heavy atom. The maximum atomic E-state index is 12.7. The molecule has 2 heterocycles. The SMILES string of the molecule is O=C(Cc1cccc2cccnc12)CN1CCC(Nc2cccc(Cl)c2CO)CC1. The van der Waals surface area contributed by atoms with Gasteiger partial charge < -0.3 is 10.4 Å². The third kappa shape index (κ3) is 4.81. The van der Waals surface area contributed by atoms with Gasteiger partial charge in [0.05, 0.1) is 18.7 Å². The molecule has 30 heavy (non-hydrogen) atoms. The van der Waals surface area contributed by atoms with E-state index in [2.05, 4.69) is 15.2 Å². The fourth-order valence-corrected chi connectivity index (χ4v) is 4.37. The molecule has 2 aromatic carbocycles. The van der Waals surface area contributed by atoms with E-state index in [1.807, 2.05) is 42.5 Å². The van der Waals surface area contributed by atoms with Gasteiger partial charge >= 0.3 is 0 Å². The van der Waals surface area contributed by atoms with Crippen LogP contribution in [0.15, 0.2) is 54.7 Å². The number of para-hydroxylation sites is 1. The Kier molecular flexibility index (Phi) is 6.62. The third-order valence-electron chi connectivity index (χ3n) is 5.73. The van der Waals surface area contributed by atoms with Crippen molar-refractivity contribution in [2.75, 3.05) is 25.0 Å². The summed E-state index contributed by atoms with van der Waals surface area (Å²) in [5.74, 6) is 0.219. The summed E-state index contributed by atoms with van der Waals surface area (Å²) < 4.78 is 0. The summed E-state index contributed by atoms with van der Waals surface area (Å²) >= 11 is 6.18. The topological polar surface area (TPSA) is 65.5 Å². The number of likely N-dealkylation sites (tertiary alicyclic amines) is 1. The number of pyridine rings is 1. The van der Waals surface area contributed by atoms with Crippen molar-refractivity contribution < 1.29 is 9.90 Å². The molecule has 6 heteroatoms. The number of fused-ring (bicyclic) bond motifs is 1. The zero-order valence-corrected chi connectivity index (χ0v) is 17.6. The van der Waals surface area contributed by atoms with Crippen LogP contribution in [0.5, 0.6) is 0 Å². The molecule has 1 aliphatic rings.